The van der Waals surface area contributed by atoms with E-state index in [0.717, 1.165) is 36.6 Å². The monoisotopic (exact) mass is 315 g/mol. The molecule has 3 rings (SSSR count). The van der Waals surface area contributed by atoms with Gasteiger partial charge in [-0.25, -0.2) is 0 Å². The van der Waals surface area contributed by atoms with Gasteiger partial charge in [-0.3, -0.25) is 9.79 Å². The Labute approximate surface area is 133 Å². The molecule has 1 aromatic heterocycles. The topological polar surface area (TPSA) is 62.7 Å². The van der Waals surface area contributed by atoms with Gasteiger partial charge in [0.2, 0.25) is 0 Å². The summed E-state index contributed by atoms with van der Waals surface area (Å²) in [6.07, 6.45) is 1.05. The molecule has 0 radical (unpaired) electrons. The van der Waals surface area contributed by atoms with E-state index in [4.69, 9.17) is 4.74 Å². The molecule has 6 heteroatoms. The predicted molar refractivity (Wildman–Crippen MR) is 89.3 cm³/mol. The fourth-order valence-electron chi connectivity index (χ4n) is 2.28. The number of thiophene rings is 1. The van der Waals surface area contributed by atoms with Gasteiger partial charge >= 0.3 is 0 Å². The Morgan fingerprint density at radius 2 is 2.32 bits per heavy atom. The number of anilines is 1. The second kappa shape index (κ2) is 6.62. The van der Waals surface area contributed by atoms with E-state index >= 15 is 0 Å². The lowest BCUT2D eigenvalue weighted by Gasteiger charge is -2.15. The van der Waals surface area contributed by atoms with Crippen LogP contribution in [0.4, 0.5) is 5.69 Å². The van der Waals surface area contributed by atoms with Crippen LogP contribution in [0, 0.1) is 0 Å². The lowest BCUT2D eigenvalue weighted by molar-refractivity contribution is 0.102. The minimum Gasteiger partial charge on any atom is -0.495 e. The lowest BCUT2D eigenvalue weighted by atomic mass is 10.1. The van der Waals surface area contributed by atoms with Crippen LogP contribution in [0.25, 0.3) is 0 Å². The Morgan fingerprint density at radius 1 is 1.41 bits per heavy atom. The van der Waals surface area contributed by atoms with Crippen LogP contribution in [0.1, 0.15) is 21.7 Å². The lowest BCUT2D eigenvalue weighted by Crippen LogP contribution is -2.30. The molecule has 1 amide bonds. The number of amides is 1. The number of nitrogens with one attached hydrogen (secondary N) is 2. The number of carbonyl (C=O) groups is 1. The molecular formula is C16H17N3O2S. The van der Waals surface area contributed by atoms with Crippen molar-refractivity contribution in [2.75, 3.05) is 25.5 Å². The van der Waals surface area contributed by atoms with Crippen LogP contribution in [-0.4, -0.2) is 31.9 Å². The van der Waals surface area contributed by atoms with Crippen molar-refractivity contribution in [3.05, 3.63) is 46.2 Å². The molecule has 0 saturated carbocycles. The third-order valence-corrected chi connectivity index (χ3v) is 4.24. The summed E-state index contributed by atoms with van der Waals surface area (Å²) >= 11 is 1.36. The largest absolute Gasteiger partial charge is 0.495 e. The average Bonchev–Trinajstić information content (AvgIpc) is 3.05. The number of benzene rings is 1. The molecule has 2 aromatic rings. The van der Waals surface area contributed by atoms with Gasteiger partial charge in [0.25, 0.3) is 5.91 Å². The fourth-order valence-corrected chi connectivity index (χ4v) is 3.04. The van der Waals surface area contributed by atoms with Crippen LogP contribution in [-0.2, 0) is 0 Å². The van der Waals surface area contributed by atoms with Crippen molar-refractivity contribution in [2.24, 2.45) is 4.99 Å². The molecule has 22 heavy (non-hydrogen) atoms. The third kappa shape index (κ3) is 3.12. The minimum absolute atomic E-state index is 0.164. The van der Waals surface area contributed by atoms with Crippen LogP contribution in [0.2, 0.25) is 0 Å². The quantitative estimate of drug-likeness (QED) is 0.912. The highest BCUT2D eigenvalue weighted by Crippen LogP contribution is 2.25. The first-order chi connectivity index (χ1) is 10.8. The van der Waals surface area contributed by atoms with Crippen LogP contribution in [0.3, 0.4) is 0 Å². The van der Waals surface area contributed by atoms with Crippen molar-refractivity contribution in [3.8, 4) is 5.75 Å². The summed E-state index contributed by atoms with van der Waals surface area (Å²) in [4.78, 5) is 17.4. The van der Waals surface area contributed by atoms with Gasteiger partial charge < -0.3 is 15.4 Å². The maximum atomic E-state index is 12.3. The van der Waals surface area contributed by atoms with Gasteiger partial charge in [-0.1, -0.05) is 12.1 Å². The summed E-state index contributed by atoms with van der Waals surface area (Å²) < 4.78 is 5.18. The summed E-state index contributed by atoms with van der Waals surface area (Å²) in [6, 6.07) is 9.48. The molecule has 5 nitrogen and oxygen atoms in total. The summed E-state index contributed by atoms with van der Waals surface area (Å²) in [7, 11) is 1.56. The zero-order valence-electron chi connectivity index (χ0n) is 12.3. The third-order valence-electron chi connectivity index (χ3n) is 3.35. The van der Waals surface area contributed by atoms with Gasteiger partial charge in [-0.05, 0) is 30.0 Å². The molecule has 0 bridgehead atoms. The highest BCUT2D eigenvalue weighted by molar-refractivity contribution is 7.12. The van der Waals surface area contributed by atoms with E-state index < -0.39 is 0 Å². The van der Waals surface area contributed by atoms with Gasteiger partial charge in [0.05, 0.1) is 7.11 Å². The van der Waals surface area contributed by atoms with Gasteiger partial charge in [0.15, 0.2) is 0 Å². The second-order valence-electron chi connectivity index (χ2n) is 4.86. The van der Waals surface area contributed by atoms with E-state index in [9.17, 15) is 4.79 Å². The van der Waals surface area contributed by atoms with Crippen LogP contribution in [0.15, 0.2) is 40.7 Å². The van der Waals surface area contributed by atoms with E-state index in [2.05, 4.69) is 15.6 Å². The molecule has 0 fully saturated rings. The zero-order chi connectivity index (χ0) is 15.4. The van der Waals surface area contributed by atoms with Crippen molar-refractivity contribution < 1.29 is 9.53 Å². The molecule has 2 heterocycles. The number of nitrogens with zero attached hydrogens (tertiary/aromatic N) is 1. The number of hydrogen-bond donors (Lipinski definition) is 2. The smallest absolute Gasteiger partial charge is 0.269 e. The number of carbonyl (C=O) groups excluding carboxylic acids is 1. The van der Waals surface area contributed by atoms with E-state index in [1.165, 1.54) is 11.3 Å². The molecule has 0 unspecified atom stereocenters. The second-order valence-corrected chi connectivity index (χ2v) is 5.78. The van der Waals surface area contributed by atoms with Crippen molar-refractivity contribution in [2.45, 2.75) is 6.42 Å². The average molecular weight is 315 g/mol. The minimum atomic E-state index is -0.164. The normalized spacial score (nSPS) is 14.0. The Balaban J connectivity index is 1.78. The number of ether oxygens (including phenoxy) is 1. The Morgan fingerprint density at radius 3 is 3.09 bits per heavy atom. The van der Waals surface area contributed by atoms with Crippen molar-refractivity contribution in [1.82, 2.24) is 5.32 Å². The molecule has 2 N–H and O–H groups in total. The molecule has 114 valence electrons. The Kier molecular flexibility index (Phi) is 4.39. The van der Waals surface area contributed by atoms with E-state index in [1.54, 1.807) is 13.2 Å². The zero-order valence-corrected chi connectivity index (χ0v) is 13.1. The number of hydrogen-bond acceptors (Lipinski definition) is 5. The van der Waals surface area contributed by atoms with Gasteiger partial charge in [-0.15, -0.1) is 11.3 Å². The van der Waals surface area contributed by atoms with E-state index in [0.29, 0.717) is 10.6 Å². The van der Waals surface area contributed by atoms with Gasteiger partial charge in [0.1, 0.15) is 16.5 Å². The number of aliphatic imine (C=N–C) groups is 1. The first-order valence-corrected chi connectivity index (χ1v) is 7.97. The molecule has 1 aromatic carbocycles. The predicted octanol–water partition coefficient (Wildman–Crippen LogP) is 2.75. The maximum Gasteiger partial charge on any atom is 0.269 e. The first-order valence-electron chi connectivity index (χ1n) is 7.09. The van der Waals surface area contributed by atoms with E-state index in [1.807, 2.05) is 29.6 Å². The van der Waals surface area contributed by atoms with Crippen LogP contribution >= 0.6 is 11.3 Å². The molecular weight excluding hydrogens is 298 g/mol. The standard InChI is InChI=1S/C16H17N3O2S/c1-21-13-6-9-22-14(13)16(20)19-12-5-2-4-11(10-12)15-17-7-3-8-18-15/h2,4-6,9-10H,3,7-8H2,1H3,(H,17,18)(H,19,20). The molecule has 0 atom stereocenters. The highest BCUT2D eigenvalue weighted by atomic mass is 32.1. The van der Waals surface area contributed by atoms with Crippen molar-refractivity contribution >= 4 is 28.8 Å². The fraction of sp³-hybridized carbons (Fsp3) is 0.250. The summed E-state index contributed by atoms with van der Waals surface area (Å²) in [5.74, 6) is 1.32. The van der Waals surface area contributed by atoms with Gasteiger partial charge in [-0.2, -0.15) is 0 Å². The number of amidine groups is 1. The maximum absolute atomic E-state index is 12.3. The molecule has 0 aliphatic carbocycles. The van der Waals surface area contributed by atoms with E-state index in [-0.39, 0.29) is 5.91 Å². The summed E-state index contributed by atoms with van der Waals surface area (Å²) in [6.45, 7) is 1.77. The molecule has 1 aliphatic rings. The SMILES string of the molecule is COc1ccsc1C(=O)Nc1cccc(C2=NCCCN2)c1. The van der Waals surface area contributed by atoms with Crippen molar-refractivity contribution in [1.29, 1.82) is 0 Å². The van der Waals surface area contributed by atoms with Crippen molar-refractivity contribution in [3.63, 3.8) is 0 Å². The molecule has 0 saturated heterocycles. The Bertz CT molecular complexity index is 709. The Hall–Kier alpha value is -2.34. The van der Waals surface area contributed by atoms with Crippen LogP contribution in [0.5, 0.6) is 5.75 Å². The van der Waals surface area contributed by atoms with Gasteiger partial charge in [0, 0.05) is 24.3 Å². The van der Waals surface area contributed by atoms with Crippen LogP contribution < -0.4 is 15.4 Å². The molecule has 1 aliphatic heterocycles. The highest BCUT2D eigenvalue weighted by Gasteiger charge is 2.14. The number of rotatable bonds is 4. The summed E-state index contributed by atoms with van der Waals surface area (Å²) in [5.41, 5.74) is 1.73. The first kappa shape index (κ1) is 14.6. The molecule has 0 spiro atoms. The number of methoxy groups -OCH3 is 1. The summed E-state index contributed by atoms with van der Waals surface area (Å²) in [5, 5.41) is 8.03.